The molecule has 0 aliphatic rings. The van der Waals surface area contributed by atoms with Crippen molar-refractivity contribution in [1.82, 2.24) is 0 Å². The predicted octanol–water partition coefficient (Wildman–Crippen LogP) is -4.29. The van der Waals surface area contributed by atoms with E-state index in [1.165, 1.54) is 0 Å². The molecule has 0 rings (SSSR count). The zero-order valence-corrected chi connectivity index (χ0v) is 8.90. The number of aliphatic hydroxyl groups is 3. The van der Waals surface area contributed by atoms with Crippen LogP contribution in [0.3, 0.4) is 0 Å². The van der Waals surface area contributed by atoms with Crippen LogP contribution in [0.15, 0.2) is 0 Å². The molecule has 19 heavy (non-hydrogen) atoms. The molecule has 0 aromatic carbocycles. The fourth-order valence-corrected chi connectivity index (χ4v) is 1.18. The Labute approximate surface area is 175 Å². The number of carbonyl (C=O) groups is 1. The van der Waals surface area contributed by atoms with Crippen molar-refractivity contribution in [3.8, 4) is 0 Å². The van der Waals surface area contributed by atoms with Gasteiger partial charge >= 0.3 is 102 Å². The molecule has 9 nitrogen and oxygen atoms in total. The van der Waals surface area contributed by atoms with Gasteiger partial charge in [0.05, 0.1) is 19.1 Å². The Hall–Kier alpha value is 2.46. The SMILES string of the molecule is O=C(O)C[C@H](O)[C@@H](O)[C@H](O)COP(=O)(O)O.[NaH].[NaH].[NaH]. The van der Waals surface area contributed by atoms with Gasteiger partial charge in [0.15, 0.2) is 0 Å². The van der Waals surface area contributed by atoms with Gasteiger partial charge in [-0.3, -0.25) is 9.32 Å². The quantitative estimate of drug-likeness (QED) is 0.200. The molecule has 3 atom stereocenters. The Balaban J connectivity index is -0.000000375. The number of aliphatic hydroxyl groups excluding tert-OH is 3. The standard InChI is InChI=1S/C6H13O9P.3Na.3H/c7-3(1-5(9)10)6(11)4(8)2-15-16(12,13)14;;;;;;/h3-4,6-8,11H,1-2H2,(H,9,10)(H2,12,13,14);;;;;;/t3-,4+,6+;;;;;;/m0....../s1. The van der Waals surface area contributed by atoms with E-state index in [1.54, 1.807) is 0 Å². The van der Waals surface area contributed by atoms with Gasteiger partial charge in [-0.15, -0.1) is 0 Å². The maximum absolute atomic E-state index is 10.2. The summed E-state index contributed by atoms with van der Waals surface area (Å²) in [5.41, 5.74) is 0. The molecule has 0 spiro atoms. The van der Waals surface area contributed by atoms with Gasteiger partial charge in [-0.2, -0.15) is 0 Å². The molecule has 0 radical (unpaired) electrons. The van der Waals surface area contributed by atoms with E-state index in [2.05, 4.69) is 4.52 Å². The van der Waals surface area contributed by atoms with Gasteiger partial charge in [0.25, 0.3) is 0 Å². The third kappa shape index (κ3) is 16.7. The van der Waals surface area contributed by atoms with E-state index in [0.717, 1.165) is 0 Å². The van der Waals surface area contributed by atoms with E-state index in [-0.39, 0.29) is 88.7 Å². The molecule has 102 valence electrons. The van der Waals surface area contributed by atoms with E-state index in [9.17, 15) is 9.36 Å². The van der Waals surface area contributed by atoms with Gasteiger partial charge in [0.1, 0.15) is 12.2 Å². The van der Waals surface area contributed by atoms with Crippen molar-refractivity contribution >= 4 is 102 Å². The van der Waals surface area contributed by atoms with Crippen LogP contribution in [0.1, 0.15) is 6.42 Å². The van der Waals surface area contributed by atoms with Gasteiger partial charge in [-0.25, -0.2) is 4.57 Å². The van der Waals surface area contributed by atoms with Crippen LogP contribution in [0.2, 0.25) is 0 Å². The second-order valence-corrected chi connectivity index (χ2v) is 4.25. The summed E-state index contributed by atoms with van der Waals surface area (Å²) in [5, 5.41) is 35.5. The van der Waals surface area contributed by atoms with Gasteiger partial charge in [-0.1, -0.05) is 0 Å². The van der Waals surface area contributed by atoms with Crippen molar-refractivity contribution in [2.45, 2.75) is 24.7 Å². The molecule has 0 aromatic heterocycles. The van der Waals surface area contributed by atoms with E-state index in [4.69, 9.17) is 30.2 Å². The van der Waals surface area contributed by atoms with Gasteiger partial charge in [0.2, 0.25) is 0 Å². The Bertz CT molecular complexity index is 285. The van der Waals surface area contributed by atoms with Crippen LogP contribution in [0.25, 0.3) is 0 Å². The molecule has 0 aliphatic heterocycles. The van der Waals surface area contributed by atoms with Gasteiger partial charge < -0.3 is 30.2 Å². The Kier molecular flexibility index (Phi) is 21.8. The molecule has 0 aromatic rings. The molecule has 0 heterocycles. The number of aliphatic carboxylic acids is 1. The summed E-state index contributed by atoms with van der Waals surface area (Å²) in [5.74, 6) is -1.39. The fraction of sp³-hybridized carbons (Fsp3) is 0.833. The molecule has 0 fully saturated rings. The molecule has 0 saturated carbocycles. The first kappa shape index (κ1) is 29.5. The fourth-order valence-electron chi connectivity index (χ4n) is 0.828. The zero-order chi connectivity index (χ0) is 12.9. The molecular weight excluding hydrogens is 316 g/mol. The van der Waals surface area contributed by atoms with Crippen LogP contribution >= 0.6 is 7.82 Å². The second kappa shape index (κ2) is 14.1. The third-order valence-electron chi connectivity index (χ3n) is 1.59. The van der Waals surface area contributed by atoms with Gasteiger partial charge in [0, 0.05) is 0 Å². The summed E-state index contributed by atoms with van der Waals surface area (Å²) in [6.07, 6.45) is -6.24. The minimum absolute atomic E-state index is 0. The van der Waals surface area contributed by atoms with E-state index >= 15 is 0 Å². The second-order valence-electron chi connectivity index (χ2n) is 3.01. The summed E-state index contributed by atoms with van der Waals surface area (Å²) in [7, 11) is -4.79. The van der Waals surface area contributed by atoms with Crippen molar-refractivity contribution < 1.29 is 44.1 Å². The van der Waals surface area contributed by atoms with E-state index in [0.29, 0.717) is 0 Å². The molecule has 0 unspecified atom stereocenters. The van der Waals surface area contributed by atoms with Gasteiger partial charge in [-0.05, 0) is 0 Å². The average molecular weight is 332 g/mol. The van der Waals surface area contributed by atoms with Crippen molar-refractivity contribution in [1.29, 1.82) is 0 Å². The monoisotopic (exact) mass is 332 g/mol. The first-order chi connectivity index (χ1) is 7.13. The summed E-state index contributed by atoms with van der Waals surface area (Å²) >= 11 is 0. The molecule has 6 N–H and O–H groups in total. The number of hydrogen-bond acceptors (Lipinski definition) is 6. The van der Waals surface area contributed by atoms with Crippen LogP contribution in [-0.2, 0) is 13.9 Å². The maximum atomic E-state index is 10.2. The average Bonchev–Trinajstić information content (AvgIpc) is 2.10. The first-order valence-electron chi connectivity index (χ1n) is 4.09. The van der Waals surface area contributed by atoms with E-state index < -0.39 is 45.1 Å². The molecule has 0 amide bonds. The molecule has 13 heteroatoms. The normalized spacial score (nSPS) is 15.0. The Morgan fingerprint density at radius 3 is 1.79 bits per heavy atom. The van der Waals surface area contributed by atoms with Crippen molar-refractivity contribution in [2.75, 3.05) is 6.61 Å². The molecule has 0 aliphatic carbocycles. The Morgan fingerprint density at radius 1 is 1.05 bits per heavy atom. The first-order valence-corrected chi connectivity index (χ1v) is 5.62. The predicted molar refractivity (Wildman–Crippen MR) is 69.7 cm³/mol. The summed E-state index contributed by atoms with van der Waals surface area (Å²) in [6.45, 7) is -0.928. The third-order valence-corrected chi connectivity index (χ3v) is 2.07. The topological polar surface area (TPSA) is 165 Å². The van der Waals surface area contributed by atoms with Crippen LogP contribution in [-0.4, -0.2) is 150 Å². The van der Waals surface area contributed by atoms with Crippen LogP contribution in [0, 0.1) is 0 Å². The molecule has 0 saturated heterocycles. The van der Waals surface area contributed by atoms with Crippen LogP contribution in [0.5, 0.6) is 0 Å². The van der Waals surface area contributed by atoms with Crippen LogP contribution < -0.4 is 0 Å². The van der Waals surface area contributed by atoms with E-state index in [1.807, 2.05) is 0 Å². The molecule has 0 bridgehead atoms. The number of rotatable bonds is 7. The zero-order valence-electron chi connectivity index (χ0n) is 8.00. The molecular formula is C6H16Na3O9P. The summed E-state index contributed by atoms with van der Waals surface area (Å²) < 4.78 is 14.1. The van der Waals surface area contributed by atoms with Crippen molar-refractivity contribution in [3.05, 3.63) is 0 Å². The number of phosphoric ester groups is 1. The summed E-state index contributed by atoms with van der Waals surface area (Å²) in [6, 6.07) is 0. The summed E-state index contributed by atoms with van der Waals surface area (Å²) in [4.78, 5) is 26.7. The number of hydrogen-bond donors (Lipinski definition) is 6. The van der Waals surface area contributed by atoms with Crippen molar-refractivity contribution in [2.24, 2.45) is 0 Å². The number of carboxylic acids is 1. The Morgan fingerprint density at radius 2 is 1.47 bits per heavy atom. The van der Waals surface area contributed by atoms with Crippen LogP contribution in [0.4, 0.5) is 0 Å². The van der Waals surface area contributed by atoms with Crippen molar-refractivity contribution in [3.63, 3.8) is 0 Å². The minimum atomic E-state index is -4.79. The number of carboxylic acid groups (broad SMARTS) is 1. The number of phosphoric acid groups is 1.